The largest absolute Gasteiger partial charge is 0.380 e. The van der Waals surface area contributed by atoms with Crippen molar-refractivity contribution in [1.29, 1.82) is 0 Å². The van der Waals surface area contributed by atoms with E-state index in [4.69, 9.17) is 4.74 Å². The van der Waals surface area contributed by atoms with Gasteiger partial charge in [0.2, 0.25) is 0 Å². The van der Waals surface area contributed by atoms with Gasteiger partial charge in [0.05, 0.1) is 12.6 Å². The highest BCUT2D eigenvalue weighted by atomic mass is 16.5. The summed E-state index contributed by atoms with van der Waals surface area (Å²) in [4.78, 5) is 25.9. The fourth-order valence-electron chi connectivity index (χ4n) is 3.00. The van der Waals surface area contributed by atoms with Crippen LogP contribution in [0.2, 0.25) is 0 Å². The highest BCUT2D eigenvalue weighted by Crippen LogP contribution is 2.15. The molecule has 2 heterocycles. The summed E-state index contributed by atoms with van der Waals surface area (Å²) in [6.07, 6.45) is 3.83. The molecule has 0 bridgehead atoms. The molecular formula is C19H23N3O3. The van der Waals surface area contributed by atoms with Crippen molar-refractivity contribution < 1.29 is 9.53 Å². The number of piperidine rings is 1. The van der Waals surface area contributed by atoms with Crippen molar-refractivity contribution in [3.05, 3.63) is 64.6 Å². The lowest BCUT2D eigenvalue weighted by molar-refractivity contribution is 0.0458. The summed E-state index contributed by atoms with van der Waals surface area (Å²) in [6, 6.07) is 12.6. The Bertz CT molecular complexity index is 770. The molecule has 3 rings (SSSR count). The van der Waals surface area contributed by atoms with E-state index in [-0.39, 0.29) is 17.7 Å². The Morgan fingerprint density at radius 1 is 1.24 bits per heavy atom. The first-order valence-corrected chi connectivity index (χ1v) is 8.49. The number of anilines is 1. The molecule has 6 heteroatoms. The molecule has 1 N–H and O–H groups in total. The molecule has 1 saturated heterocycles. The number of rotatable bonds is 4. The molecule has 6 nitrogen and oxygen atoms in total. The molecule has 1 aliphatic rings. The van der Waals surface area contributed by atoms with Gasteiger partial charge in [0, 0.05) is 38.1 Å². The predicted octanol–water partition coefficient (Wildman–Crippen LogP) is 2.54. The van der Waals surface area contributed by atoms with Crippen LogP contribution in [-0.4, -0.2) is 41.8 Å². The van der Waals surface area contributed by atoms with Gasteiger partial charge in [-0.2, -0.15) is 0 Å². The molecular weight excluding hydrogens is 318 g/mol. The zero-order valence-corrected chi connectivity index (χ0v) is 14.4. The van der Waals surface area contributed by atoms with Crippen molar-refractivity contribution >= 4 is 11.7 Å². The molecule has 0 aliphatic carbocycles. The Kier molecular flexibility index (Phi) is 5.50. The number of amides is 2. The molecule has 0 radical (unpaired) electrons. The number of hydrogen-bond acceptors (Lipinski definition) is 3. The van der Waals surface area contributed by atoms with E-state index in [2.05, 4.69) is 5.32 Å². The second-order valence-corrected chi connectivity index (χ2v) is 6.24. The molecule has 0 unspecified atom stereocenters. The summed E-state index contributed by atoms with van der Waals surface area (Å²) < 4.78 is 7.00. The average molecular weight is 341 g/mol. The zero-order valence-electron chi connectivity index (χ0n) is 14.4. The summed E-state index contributed by atoms with van der Waals surface area (Å²) >= 11 is 0. The summed E-state index contributed by atoms with van der Waals surface area (Å²) in [7, 11) is 1.68. The minimum absolute atomic E-state index is 0.0299. The van der Waals surface area contributed by atoms with Crippen molar-refractivity contribution in [2.75, 3.05) is 25.5 Å². The average Bonchev–Trinajstić information content (AvgIpc) is 2.65. The number of carbonyl (C=O) groups is 1. The lowest BCUT2D eigenvalue weighted by Gasteiger charge is -2.31. The standard InChI is InChI=1S/C19H23N3O3/c1-25-17-5-4-12-22(14-17)19(24)20-16-9-7-15(8-10-16)13-21-11-3-2-6-18(21)23/h2-3,6-11,17H,4-5,12-14H2,1H3,(H,20,24)/t17-/m1/s1. The second kappa shape index (κ2) is 7.98. The fraction of sp³-hybridized carbons (Fsp3) is 0.368. The third-order valence-electron chi connectivity index (χ3n) is 4.46. The molecule has 1 aliphatic heterocycles. The predicted molar refractivity (Wildman–Crippen MR) is 96.9 cm³/mol. The summed E-state index contributed by atoms with van der Waals surface area (Å²) in [5, 5.41) is 2.92. The van der Waals surface area contributed by atoms with Crippen LogP contribution in [0.15, 0.2) is 53.5 Å². The van der Waals surface area contributed by atoms with Crippen LogP contribution in [0, 0.1) is 0 Å². The van der Waals surface area contributed by atoms with Gasteiger partial charge in [0.15, 0.2) is 0 Å². The van der Waals surface area contributed by atoms with Crippen LogP contribution in [0.1, 0.15) is 18.4 Å². The summed E-state index contributed by atoms with van der Waals surface area (Å²) in [5.41, 5.74) is 1.72. The van der Waals surface area contributed by atoms with Crippen LogP contribution < -0.4 is 10.9 Å². The zero-order chi connectivity index (χ0) is 17.6. The van der Waals surface area contributed by atoms with Crippen LogP contribution in [0.4, 0.5) is 10.5 Å². The molecule has 1 aromatic heterocycles. The maximum Gasteiger partial charge on any atom is 0.321 e. The fourth-order valence-corrected chi connectivity index (χ4v) is 3.00. The molecule has 2 amide bonds. The van der Waals surface area contributed by atoms with E-state index >= 15 is 0 Å². The van der Waals surface area contributed by atoms with Gasteiger partial charge >= 0.3 is 6.03 Å². The molecule has 0 spiro atoms. The number of aromatic nitrogens is 1. The van der Waals surface area contributed by atoms with Gasteiger partial charge < -0.3 is 19.5 Å². The van der Waals surface area contributed by atoms with E-state index in [0.29, 0.717) is 13.1 Å². The van der Waals surface area contributed by atoms with Crippen LogP contribution in [0.3, 0.4) is 0 Å². The Hall–Kier alpha value is -2.60. The van der Waals surface area contributed by atoms with E-state index in [1.807, 2.05) is 30.3 Å². The Labute approximate surface area is 147 Å². The molecule has 1 aromatic carbocycles. The number of carbonyl (C=O) groups excluding carboxylic acids is 1. The van der Waals surface area contributed by atoms with Gasteiger partial charge in [0.1, 0.15) is 0 Å². The second-order valence-electron chi connectivity index (χ2n) is 6.24. The minimum atomic E-state index is -0.103. The lowest BCUT2D eigenvalue weighted by atomic mass is 10.1. The van der Waals surface area contributed by atoms with Crippen molar-refractivity contribution in [3.63, 3.8) is 0 Å². The first-order chi connectivity index (χ1) is 12.2. The highest BCUT2D eigenvalue weighted by Gasteiger charge is 2.23. The van der Waals surface area contributed by atoms with Gasteiger partial charge in [-0.1, -0.05) is 18.2 Å². The molecule has 1 fully saturated rings. The third kappa shape index (κ3) is 4.48. The van der Waals surface area contributed by atoms with Gasteiger partial charge in [-0.25, -0.2) is 4.79 Å². The normalized spacial score (nSPS) is 17.3. The minimum Gasteiger partial charge on any atom is -0.380 e. The summed E-state index contributed by atoms with van der Waals surface area (Å²) in [6.45, 7) is 1.88. The van der Waals surface area contributed by atoms with E-state index in [1.54, 1.807) is 34.9 Å². The number of nitrogens with zero attached hydrogens (tertiary/aromatic N) is 2. The first-order valence-electron chi connectivity index (χ1n) is 8.49. The quantitative estimate of drug-likeness (QED) is 0.929. The number of urea groups is 1. The van der Waals surface area contributed by atoms with Gasteiger partial charge in [-0.15, -0.1) is 0 Å². The lowest BCUT2D eigenvalue weighted by Crippen LogP contribution is -2.44. The third-order valence-corrected chi connectivity index (χ3v) is 4.46. The topological polar surface area (TPSA) is 63.6 Å². The van der Waals surface area contributed by atoms with Gasteiger partial charge in [0.25, 0.3) is 5.56 Å². The highest BCUT2D eigenvalue weighted by molar-refractivity contribution is 5.89. The monoisotopic (exact) mass is 341 g/mol. The van der Waals surface area contributed by atoms with E-state index in [1.165, 1.54) is 0 Å². The molecule has 2 aromatic rings. The number of benzene rings is 1. The smallest absolute Gasteiger partial charge is 0.321 e. The number of nitrogens with one attached hydrogen (secondary N) is 1. The molecule has 132 valence electrons. The van der Waals surface area contributed by atoms with Crippen molar-refractivity contribution in [2.24, 2.45) is 0 Å². The SMILES string of the molecule is CO[C@@H]1CCCN(C(=O)Nc2ccc(Cn3ccccc3=O)cc2)C1. The number of pyridine rings is 1. The van der Waals surface area contributed by atoms with Crippen LogP contribution >= 0.6 is 0 Å². The van der Waals surface area contributed by atoms with Crippen molar-refractivity contribution in [2.45, 2.75) is 25.5 Å². The molecule has 25 heavy (non-hydrogen) atoms. The maximum absolute atomic E-state index is 12.4. The summed E-state index contributed by atoms with van der Waals surface area (Å²) in [5.74, 6) is 0. The van der Waals surface area contributed by atoms with E-state index < -0.39 is 0 Å². The van der Waals surface area contributed by atoms with E-state index in [0.717, 1.165) is 30.6 Å². The van der Waals surface area contributed by atoms with Gasteiger partial charge in [-0.05, 0) is 36.6 Å². The number of methoxy groups -OCH3 is 1. The number of likely N-dealkylation sites (tertiary alicyclic amines) is 1. The van der Waals surface area contributed by atoms with E-state index in [9.17, 15) is 9.59 Å². The Balaban J connectivity index is 1.60. The Morgan fingerprint density at radius 3 is 2.76 bits per heavy atom. The Morgan fingerprint density at radius 2 is 2.04 bits per heavy atom. The molecule has 0 saturated carbocycles. The van der Waals surface area contributed by atoms with Crippen LogP contribution in [0.25, 0.3) is 0 Å². The number of ether oxygens (including phenoxy) is 1. The first kappa shape index (κ1) is 17.2. The molecule has 1 atom stereocenters. The van der Waals surface area contributed by atoms with Crippen LogP contribution in [-0.2, 0) is 11.3 Å². The van der Waals surface area contributed by atoms with Gasteiger partial charge in [-0.3, -0.25) is 4.79 Å². The van der Waals surface area contributed by atoms with Crippen molar-refractivity contribution in [1.82, 2.24) is 9.47 Å². The van der Waals surface area contributed by atoms with Crippen LogP contribution in [0.5, 0.6) is 0 Å². The number of hydrogen-bond donors (Lipinski definition) is 1. The van der Waals surface area contributed by atoms with Crippen molar-refractivity contribution in [3.8, 4) is 0 Å². The maximum atomic E-state index is 12.4.